The number of aliphatic hydroxyl groups is 1. The lowest BCUT2D eigenvalue weighted by atomic mass is 10.0. The third-order valence-corrected chi connectivity index (χ3v) is 5.49. The molecule has 0 radical (unpaired) electrons. The molecule has 1 N–H and O–H groups in total. The highest BCUT2D eigenvalue weighted by Crippen LogP contribution is 2.37. The minimum Gasteiger partial charge on any atom is -0.391 e. The molecule has 0 aliphatic carbocycles. The molecule has 0 fully saturated rings. The Morgan fingerprint density at radius 2 is 2.04 bits per heavy atom. The average molecular weight is 359 g/mol. The van der Waals surface area contributed by atoms with Gasteiger partial charge < -0.3 is 5.11 Å². The number of thiophene rings is 1. The Morgan fingerprint density at radius 3 is 2.79 bits per heavy atom. The molecule has 1 aromatic carbocycles. The molecule has 1 unspecified atom stereocenters. The van der Waals surface area contributed by atoms with E-state index in [1.807, 2.05) is 48.7 Å². The Hall–Kier alpha value is -2.02. The summed E-state index contributed by atoms with van der Waals surface area (Å²) in [6, 6.07) is 9.51. The zero-order valence-corrected chi connectivity index (χ0v) is 14.8. The smallest absolute Gasteiger partial charge is 0.162 e. The van der Waals surface area contributed by atoms with Crippen molar-refractivity contribution in [2.45, 2.75) is 26.5 Å². The first-order chi connectivity index (χ1) is 11.6. The number of aliphatic hydroxyl groups excluding tert-OH is 1. The third-order valence-electron chi connectivity index (χ3n) is 4.05. The van der Waals surface area contributed by atoms with Crippen molar-refractivity contribution < 1.29 is 5.11 Å². The molecule has 122 valence electrons. The quantitative estimate of drug-likeness (QED) is 0.759. The van der Waals surface area contributed by atoms with Crippen molar-refractivity contribution in [2.75, 3.05) is 0 Å². The molecule has 0 spiro atoms. The summed E-state index contributed by atoms with van der Waals surface area (Å²) in [5.74, 6) is 1.60. The number of benzene rings is 1. The summed E-state index contributed by atoms with van der Waals surface area (Å²) in [5.41, 5.74) is 2.65. The fraction of sp³-hybridized carbons (Fsp3) is 0.235. The predicted molar refractivity (Wildman–Crippen MR) is 95.4 cm³/mol. The van der Waals surface area contributed by atoms with Crippen molar-refractivity contribution in [3.05, 3.63) is 63.0 Å². The number of aromatic nitrogens is 3. The standard InChI is InChI=1S/C17H15ClN4OS/c1-9-16-21-20-10(2)22(16)17-13(7-11(8-23)24-17)15(19-9)12-5-3-4-6-14(12)18/h3-7,9,23H,8H2,1-2H3. The molecule has 1 atom stereocenters. The van der Waals surface area contributed by atoms with Crippen molar-refractivity contribution in [3.63, 3.8) is 0 Å². The summed E-state index contributed by atoms with van der Waals surface area (Å²) in [7, 11) is 0. The van der Waals surface area contributed by atoms with Gasteiger partial charge in [0.2, 0.25) is 0 Å². The Morgan fingerprint density at radius 1 is 1.25 bits per heavy atom. The van der Waals surface area contributed by atoms with Crippen molar-refractivity contribution >= 4 is 28.6 Å². The van der Waals surface area contributed by atoms with Gasteiger partial charge in [-0.25, -0.2) is 0 Å². The molecule has 3 heterocycles. The largest absolute Gasteiger partial charge is 0.391 e. The van der Waals surface area contributed by atoms with E-state index in [-0.39, 0.29) is 12.6 Å². The topological polar surface area (TPSA) is 63.3 Å². The third kappa shape index (κ3) is 2.30. The zero-order valence-electron chi connectivity index (χ0n) is 13.2. The SMILES string of the molecule is Cc1nnc2n1-c1sc(CO)cc1C(c1ccccc1Cl)=NC2C. The number of nitrogens with zero attached hydrogens (tertiary/aromatic N) is 4. The summed E-state index contributed by atoms with van der Waals surface area (Å²) in [4.78, 5) is 5.75. The Kier molecular flexibility index (Phi) is 3.75. The maximum absolute atomic E-state index is 9.59. The van der Waals surface area contributed by atoms with E-state index >= 15 is 0 Å². The van der Waals surface area contributed by atoms with E-state index in [4.69, 9.17) is 16.6 Å². The number of hydrogen-bond acceptors (Lipinski definition) is 5. The molecule has 7 heteroatoms. The number of hydrogen-bond donors (Lipinski definition) is 1. The van der Waals surface area contributed by atoms with Gasteiger partial charge in [0, 0.05) is 21.0 Å². The van der Waals surface area contributed by atoms with Crippen LogP contribution in [0.15, 0.2) is 35.3 Å². The second kappa shape index (κ2) is 5.81. The normalized spacial score (nSPS) is 16.3. The van der Waals surface area contributed by atoms with E-state index < -0.39 is 0 Å². The second-order valence-corrected chi connectivity index (χ2v) is 7.19. The van der Waals surface area contributed by atoms with Gasteiger partial charge in [0.05, 0.1) is 12.3 Å². The maximum atomic E-state index is 9.59. The highest BCUT2D eigenvalue weighted by atomic mass is 35.5. The number of aliphatic imine (C=N–C) groups is 1. The number of rotatable bonds is 2. The van der Waals surface area contributed by atoms with Crippen LogP contribution in [0.4, 0.5) is 0 Å². The molecule has 24 heavy (non-hydrogen) atoms. The van der Waals surface area contributed by atoms with E-state index in [1.54, 1.807) is 0 Å². The molecule has 0 saturated carbocycles. The summed E-state index contributed by atoms with van der Waals surface area (Å²) < 4.78 is 2.02. The van der Waals surface area contributed by atoms with Gasteiger partial charge in [-0.3, -0.25) is 9.56 Å². The van der Waals surface area contributed by atoms with Crippen LogP contribution in [0, 0.1) is 6.92 Å². The van der Waals surface area contributed by atoms with E-state index in [0.717, 1.165) is 38.4 Å². The fourth-order valence-corrected chi connectivity index (χ4v) is 4.23. The van der Waals surface area contributed by atoms with Crippen LogP contribution in [-0.2, 0) is 6.61 Å². The van der Waals surface area contributed by atoms with Gasteiger partial charge in [-0.2, -0.15) is 0 Å². The van der Waals surface area contributed by atoms with Gasteiger partial charge in [-0.15, -0.1) is 21.5 Å². The number of aryl methyl sites for hydroxylation is 1. The van der Waals surface area contributed by atoms with Crippen LogP contribution in [0.3, 0.4) is 0 Å². The predicted octanol–water partition coefficient (Wildman–Crippen LogP) is 3.69. The van der Waals surface area contributed by atoms with Crippen molar-refractivity contribution in [3.8, 4) is 5.00 Å². The van der Waals surface area contributed by atoms with Gasteiger partial charge in [0.15, 0.2) is 5.82 Å². The van der Waals surface area contributed by atoms with Gasteiger partial charge in [0.1, 0.15) is 16.9 Å². The highest BCUT2D eigenvalue weighted by Gasteiger charge is 2.28. The van der Waals surface area contributed by atoms with Gasteiger partial charge in [0.25, 0.3) is 0 Å². The van der Waals surface area contributed by atoms with Crippen LogP contribution in [0.5, 0.6) is 0 Å². The molecule has 0 amide bonds. The van der Waals surface area contributed by atoms with Crippen molar-refractivity contribution in [1.29, 1.82) is 0 Å². The van der Waals surface area contributed by atoms with E-state index in [0.29, 0.717) is 5.02 Å². The Bertz CT molecular complexity index is 959. The molecular formula is C17H15ClN4OS. The lowest BCUT2D eigenvalue weighted by Gasteiger charge is -2.08. The molecule has 3 aromatic rings. The first-order valence-corrected chi connectivity index (χ1v) is 8.78. The molecule has 1 aliphatic heterocycles. The van der Waals surface area contributed by atoms with Crippen molar-refractivity contribution in [2.24, 2.45) is 4.99 Å². The van der Waals surface area contributed by atoms with Crippen molar-refractivity contribution in [1.82, 2.24) is 14.8 Å². The first kappa shape index (κ1) is 15.5. The molecule has 5 nitrogen and oxygen atoms in total. The average Bonchev–Trinajstić information content (AvgIpc) is 3.13. The molecular weight excluding hydrogens is 344 g/mol. The monoisotopic (exact) mass is 358 g/mol. The number of fused-ring (bicyclic) bond motifs is 3. The van der Waals surface area contributed by atoms with Gasteiger partial charge in [-0.05, 0) is 26.0 Å². The second-order valence-electron chi connectivity index (χ2n) is 5.66. The summed E-state index contributed by atoms with van der Waals surface area (Å²) >= 11 is 7.95. The van der Waals surface area contributed by atoms with E-state index in [1.165, 1.54) is 11.3 Å². The van der Waals surface area contributed by atoms with Crippen LogP contribution in [0.2, 0.25) is 5.02 Å². The molecule has 1 aliphatic rings. The maximum Gasteiger partial charge on any atom is 0.162 e. The Labute approximate surface area is 148 Å². The van der Waals surface area contributed by atoms with Crippen LogP contribution in [0.1, 0.15) is 40.6 Å². The van der Waals surface area contributed by atoms with Gasteiger partial charge in [-0.1, -0.05) is 29.8 Å². The van der Waals surface area contributed by atoms with Crippen LogP contribution in [0.25, 0.3) is 5.00 Å². The molecule has 0 saturated heterocycles. The van der Waals surface area contributed by atoms with Crippen LogP contribution in [-0.4, -0.2) is 25.6 Å². The minimum absolute atomic E-state index is 0.0144. The molecule has 2 aromatic heterocycles. The summed E-state index contributed by atoms with van der Waals surface area (Å²) in [6.07, 6.45) is 0. The first-order valence-electron chi connectivity index (χ1n) is 7.59. The van der Waals surface area contributed by atoms with Gasteiger partial charge >= 0.3 is 0 Å². The van der Waals surface area contributed by atoms with Crippen LogP contribution < -0.4 is 0 Å². The highest BCUT2D eigenvalue weighted by molar-refractivity contribution is 7.15. The lowest BCUT2D eigenvalue weighted by molar-refractivity contribution is 0.285. The molecule has 0 bridgehead atoms. The summed E-state index contributed by atoms with van der Waals surface area (Å²) in [6.45, 7) is 3.91. The number of halogens is 1. The zero-order chi connectivity index (χ0) is 16.8. The Balaban J connectivity index is 2.03. The molecule has 4 rings (SSSR count). The van der Waals surface area contributed by atoms with E-state index in [9.17, 15) is 5.11 Å². The summed E-state index contributed by atoms with van der Waals surface area (Å²) in [5, 5.41) is 19.7. The lowest BCUT2D eigenvalue weighted by Crippen LogP contribution is -2.05. The van der Waals surface area contributed by atoms with Crippen LogP contribution >= 0.6 is 22.9 Å². The van der Waals surface area contributed by atoms with E-state index in [2.05, 4.69) is 10.2 Å². The fourth-order valence-electron chi connectivity index (χ4n) is 2.93. The minimum atomic E-state index is -0.144.